The number of rotatable bonds is 24. The summed E-state index contributed by atoms with van der Waals surface area (Å²) >= 11 is 0. The van der Waals surface area contributed by atoms with Crippen molar-refractivity contribution in [2.75, 3.05) is 19.8 Å². The Morgan fingerprint density at radius 2 is 0.540 bits per heavy atom. The van der Waals surface area contributed by atoms with Gasteiger partial charge in [-0.15, -0.1) is 0 Å². The summed E-state index contributed by atoms with van der Waals surface area (Å²) in [5.41, 5.74) is 5.38. The maximum atomic E-state index is 6.09. The van der Waals surface area contributed by atoms with E-state index in [0.29, 0.717) is 17.8 Å². The molecule has 0 spiro atoms. The fraction of sp³-hybridized carbons (Fsp3) is 0.500. The summed E-state index contributed by atoms with van der Waals surface area (Å²) in [7, 11) is 0. The lowest BCUT2D eigenvalue weighted by molar-refractivity contribution is 0.275. The smallest absolute Gasteiger partial charge is 0.119 e. The van der Waals surface area contributed by atoms with Crippen LogP contribution in [0.4, 0.5) is 0 Å². The lowest BCUT2D eigenvalue weighted by Crippen LogP contribution is -2.04. The van der Waals surface area contributed by atoms with E-state index in [0.717, 1.165) is 107 Å². The lowest BCUT2D eigenvalue weighted by Gasteiger charge is -2.13. The van der Waals surface area contributed by atoms with E-state index in [1.807, 2.05) is 91.0 Å². The van der Waals surface area contributed by atoms with Gasteiger partial charge in [-0.05, 0) is 146 Å². The molecule has 3 nitrogen and oxygen atoms in total. The molecule has 0 aliphatic carbocycles. The summed E-state index contributed by atoms with van der Waals surface area (Å²) in [6.07, 6.45) is 14.8. The predicted octanol–water partition coefficient (Wildman–Crippen LogP) is 15.6. The highest BCUT2D eigenvalue weighted by molar-refractivity contribution is 5.55. The average Bonchev–Trinajstić information content (AvgIpc) is 3.25. The molecule has 3 heteroatoms. The molecule has 0 N–H and O–H groups in total. The van der Waals surface area contributed by atoms with Crippen molar-refractivity contribution in [2.45, 2.75) is 139 Å². The monoisotopic (exact) mass is 847 g/mol. The number of hydrogen-bond acceptors (Lipinski definition) is 3. The van der Waals surface area contributed by atoms with Crippen molar-refractivity contribution in [3.05, 3.63) is 124 Å². The molecule has 0 bridgehead atoms. The molecule has 0 fully saturated rings. The zero-order chi connectivity index (χ0) is 45.2. The van der Waals surface area contributed by atoms with Crippen LogP contribution in [0, 0.1) is 71.0 Å². The standard InChI is InChI=1S/C60H78O3/c1-46(2)13-10-16-49(7)37-40-61-58-31-25-52(26-32-58)19-22-55-43-56(23-20-53-27-33-59(34-28-53)62-41-38-50(8)17-11-14-47(3)4)45-57(44-55)24-21-54-29-35-60(36-30-54)63-42-39-51(9)18-12-15-48(5)6/h25-36,43-51H,10-18,37-42H2,1-9H3/t49-,50-,51-/m0/s1. The maximum absolute atomic E-state index is 6.09. The minimum atomic E-state index is 0.671. The fourth-order valence-electron chi connectivity index (χ4n) is 7.37. The van der Waals surface area contributed by atoms with E-state index in [1.54, 1.807) is 0 Å². The first kappa shape index (κ1) is 50.6. The Labute approximate surface area is 384 Å². The van der Waals surface area contributed by atoms with Crippen molar-refractivity contribution < 1.29 is 14.2 Å². The van der Waals surface area contributed by atoms with Gasteiger partial charge in [-0.3, -0.25) is 0 Å². The first-order chi connectivity index (χ1) is 30.4. The molecule has 0 amide bonds. The zero-order valence-electron chi connectivity index (χ0n) is 40.5. The summed E-state index contributed by atoms with van der Waals surface area (Å²) in [5, 5.41) is 0. The second kappa shape index (κ2) is 28.6. The van der Waals surface area contributed by atoms with Gasteiger partial charge in [0, 0.05) is 33.4 Å². The van der Waals surface area contributed by atoms with Gasteiger partial charge < -0.3 is 14.2 Å². The molecule has 0 unspecified atom stereocenters. The highest BCUT2D eigenvalue weighted by Gasteiger charge is 2.07. The normalized spacial score (nSPS) is 12.4. The second-order valence-corrected chi connectivity index (χ2v) is 19.3. The van der Waals surface area contributed by atoms with E-state index >= 15 is 0 Å². The van der Waals surface area contributed by atoms with Crippen LogP contribution < -0.4 is 14.2 Å². The van der Waals surface area contributed by atoms with Crippen molar-refractivity contribution in [3.8, 4) is 52.8 Å². The van der Waals surface area contributed by atoms with Gasteiger partial charge in [0.05, 0.1) is 19.8 Å². The minimum Gasteiger partial charge on any atom is -0.494 e. The molecule has 0 heterocycles. The summed E-state index contributed by atoms with van der Waals surface area (Å²) in [6, 6.07) is 30.4. The number of benzene rings is 4. The van der Waals surface area contributed by atoms with Gasteiger partial charge in [0.2, 0.25) is 0 Å². The molecule has 4 aromatic carbocycles. The Hall–Kier alpha value is -5.04. The van der Waals surface area contributed by atoms with Crippen molar-refractivity contribution in [2.24, 2.45) is 35.5 Å². The highest BCUT2D eigenvalue weighted by atomic mass is 16.5. The van der Waals surface area contributed by atoms with E-state index in [-0.39, 0.29) is 0 Å². The Morgan fingerprint density at radius 1 is 0.302 bits per heavy atom. The van der Waals surface area contributed by atoms with Crippen molar-refractivity contribution >= 4 is 0 Å². The molecular weight excluding hydrogens is 769 g/mol. The van der Waals surface area contributed by atoms with Crippen molar-refractivity contribution in [1.29, 1.82) is 0 Å². The largest absolute Gasteiger partial charge is 0.494 e. The van der Waals surface area contributed by atoms with Crippen LogP contribution in [0.5, 0.6) is 17.2 Å². The summed E-state index contributed by atoms with van der Waals surface area (Å²) < 4.78 is 18.3. The first-order valence-electron chi connectivity index (χ1n) is 24.3. The van der Waals surface area contributed by atoms with Gasteiger partial charge in [0.15, 0.2) is 0 Å². The van der Waals surface area contributed by atoms with E-state index in [9.17, 15) is 0 Å². The average molecular weight is 847 g/mol. The second-order valence-electron chi connectivity index (χ2n) is 19.3. The molecule has 0 saturated heterocycles. The highest BCUT2D eigenvalue weighted by Crippen LogP contribution is 2.21. The molecule has 3 atom stereocenters. The van der Waals surface area contributed by atoms with Crippen LogP contribution in [0.25, 0.3) is 0 Å². The van der Waals surface area contributed by atoms with E-state index < -0.39 is 0 Å². The fourth-order valence-corrected chi connectivity index (χ4v) is 7.37. The van der Waals surface area contributed by atoms with Gasteiger partial charge in [-0.2, -0.15) is 0 Å². The Morgan fingerprint density at radius 3 is 0.778 bits per heavy atom. The van der Waals surface area contributed by atoms with Crippen LogP contribution in [-0.4, -0.2) is 19.8 Å². The zero-order valence-corrected chi connectivity index (χ0v) is 40.5. The Kier molecular flexibility index (Phi) is 23.0. The molecule has 0 radical (unpaired) electrons. The van der Waals surface area contributed by atoms with E-state index in [2.05, 4.69) is 97.8 Å². The first-order valence-corrected chi connectivity index (χ1v) is 24.3. The molecule has 0 aliphatic heterocycles. The quantitative estimate of drug-likeness (QED) is 0.0658. The molecule has 336 valence electrons. The SMILES string of the molecule is CC(C)CCC[C@H](C)CCOc1ccc(C#Cc2cc(C#Cc3ccc(OCC[C@@H](C)CCCC(C)C)cc3)cc(C#Cc3ccc(OCC[C@@H](C)CCCC(C)C)cc3)c2)cc1. The van der Waals surface area contributed by atoms with E-state index in [1.165, 1.54) is 57.8 Å². The third-order valence-electron chi connectivity index (χ3n) is 11.6. The van der Waals surface area contributed by atoms with Gasteiger partial charge in [0.25, 0.3) is 0 Å². The minimum absolute atomic E-state index is 0.671. The van der Waals surface area contributed by atoms with E-state index in [4.69, 9.17) is 14.2 Å². The molecule has 0 saturated carbocycles. The summed E-state index contributed by atoms with van der Waals surface area (Å²) in [5.74, 6) is 27.2. The molecule has 4 rings (SSSR count). The molecular formula is C60H78O3. The van der Waals surface area contributed by atoms with Crippen molar-refractivity contribution in [3.63, 3.8) is 0 Å². The van der Waals surface area contributed by atoms with Crippen LogP contribution in [0.15, 0.2) is 91.0 Å². The number of ether oxygens (including phenoxy) is 3. The summed E-state index contributed by atoms with van der Waals surface area (Å²) in [6.45, 7) is 23.0. The van der Waals surface area contributed by atoms with Crippen LogP contribution >= 0.6 is 0 Å². The third-order valence-corrected chi connectivity index (χ3v) is 11.6. The Bertz CT molecular complexity index is 1820. The van der Waals surface area contributed by atoms with Gasteiger partial charge in [-0.25, -0.2) is 0 Å². The van der Waals surface area contributed by atoms with Crippen molar-refractivity contribution in [1.82, 2.24) is 0 Å². The summed E-state index contributed by atoms with van der Waals surface area (Å²) in [4.78, 5) is 0. The van der Waals surface area contributed by atoms with Gasteiger partial charge in [-0.1, -0.05) is 156 Å². The maximum Gasteiger partial charge on any atom is 0.119 e. The molecule has 4 aromatic rings. The van der Waals surface area contributed by atoms with Crippen LogP contribution in [0.1, 0.15) is 173 Å². The molecule has 0 aliphatic rings. The number of hydrogen-bond donors (Lipinski definition) is 0. The van der Waals surface area contributed by atoms with Gasteiger partial charge in [0.1, 0.15) is 17.2 Å². The van der Waals surface area contributed by atoms with Gasteiger partial charge >= 0.3 is 0 Å². The lowest BCUT2D eigenvalue weighted by atomic mass is 9.98. The Balaban J connectivity index is 1.42. The topological polar surface area (TPSA) is 27.7 Å². The van der Waals surface area contributed by atoms with Crippen LogP contribution in [0.3, 0.4) is 0 Å². The predicted molar refractivity (Wildman–Crippen MR) is 268 cm³/mol. The molecule has 63 heavy (non-hydrogen) atoms. The van der Waals surface area contributed by atoms with Crippen LogP contribution in [0.2, 0.25) is 0 Å². The third kappa shape index (κ3) is 22.2. The van der Waals surface area contributed by atoms with Crippen LogP contribution in [-0.2, 0) is 0 Å². The molecule has 0 aromatic heterocycles.